The molecule has 0 heterocycles. The third kappa shape index (κ3) is 46.5. The lowest BCUT2D eigenvalue weighted by Gasteiger charge is -2.24. The molecule has 61 heavy (non-hydrogen) atoms. The van der Waals surface area contributed by atoms with Crippen LogP contribution >= 0.6 is 7.82 Å². The Morgan fingerprint density at radius 2 is 0.934 bits per heavy atom. The molecule has 0 aromatic heterocycles. The summed E-state index contributed by atoms with van der Waals surface area (Å²) in [6.07, 6.45) is 54.8. The van der Waals surface area contributed by atoms with Crippen LogP contribution in [0, 0.1) is 0 Å². The molecule has 0 radical (unpaired) electrons. The summed E-state index contributed by atoms with van der Waals surface area (Å²) >= 11 is 0. The number of ether oxygens (including phenoxy) is 2. The van der Waals surface area contributed by atoms with Crippen LogP contribution in [0.25, 0.3) is 0 Å². The summed E-state index contributed by atoms with van der Waals surface area (Å²) in [6, 6.07) is 0. The highest BCUT2D eigenvalue weighted by atomic mass is 31.2. The topological polar surface area (TPSA) is 108 Å². The minimum absolute atomic E-state index is 0.0189. The molecule has 0 aliphatic rings. The maximum atomic E-state index is 12.7. The van der Waals surface area contributed by atoms with Crippen LogP contribution in [-0.4, -0.2) is 74.9 Å². The minimum atomic E-state index is -4.39. The molecule has 0 saturated carbocycles. The van der Waals surface area contributed by atoms with E-state index < -0.39 is 26.5 Å². The first-order chi connectivity index (χ1) is 29.5. The maximum Gasteiger partial charge on any atom is 0.472 e. The highest BCUT2D eigenvalue weighted by Crippen LogP contribution is 2.43. The van der Waals surface area contributed by atoms with Crippen LogP contribution in [0.5, 0.6) is 0 Å². The van der Waals surface area contributed by atoms with Gasteiger partial charge in [-0.1, -0.05) is 157 Å². The van der Waals surface area contributed by atoms with Gasteiger partial charge in [0.2, 0.25) is 0 Å². The fraction of sp³-hybridized carbons (Fsp3) is 0.686. The Hall–Kier alpha value is -2.81. The number of esters is 2. The number of phosphoric ester groups is 1. The van der Waals surface area contributed by atoms with E-state index in [1.807, 2.05) is 21.1 Å². The molecule has 0 aromatic rings. The first-order valence-corrected chi connectivity index (χ1v) is 25.3. The second-order valence-electron chi connectivity index (χ2n) is 16.8. The zero-order valence-electron chi connectivity index (χ0n) is 39.4. The van der Waals surface area contributed by atoms with Crippen molar-refractivity contribution < 1.29 is 42.1 Å². The Labute approximate surface area is 373 Å². The smallest absolute Gasteiger partial charge is 0.462 e. The van der Waals surface area contributed by atoms with Gasteiger partial charge < -0.3 is 18.9 Å². The summed E-state index contributed by atoms with van der Waals surface area (Å²) in [6.45, 7) is 4.23. The largest absolute Gasteiger partial charge is 0.472 e. The second kappa shape index (κ2) is 42.5. The van der Waals surface area contributed by atoms with Crippen LogP contribution < -0.4 is 0 Å². The molecule has 0 amide bonds. The van der Waals surface area contributed by atoms with Gasteiger partial charge in [-0.2, -0.15) is 0 Å². The molecule has 9 nitrogen and oxygen atoms in total. The number of hydrogen-bond donors (Lipinski definition) is 1. The van der Waals surface area contributed by atoms with Gasteiger partial charge in [0, 0.05) is 12.8 Å². The van der Waals surface area contributed by atoms with Crippen molar-refractivity contribution in [3.05, 3.63) is 85.1 Å². The number of nitrogens with zero attached hydrogens (tertiary/aromatic N) is 1. The van der Waals surface area contributed by atoms with Crippen molar-refractivity contribution in [2.24, 2.45) is 0 Å². The Kier molecular flexibility index (Phi) is 40.5. The molecule has 0 bridgehead atoms. The zero-order valence-corrected chi connectivity index (χ0v) is 40.3. The summed E-state index contributed by atoms with van der Waals surface area (Å²) < 4.78 is 34.3. The van der Waals surface area contributed by atoms with Gasteiger partial charge in [-0.3, -0.25) is 18.6 Å². The molecular formula is C51H89NO8P+. The molecule has 0 aromatic carbocycles. The Balaban J connectivity index is 4.41. The number of carbonyl (C=O) groups is 2. The van der Waals surface area contributed by atoms with Crippen LogP contribution in [0.15, 0.2) is 85.1 Å². The molecule has 0 aliphatic heterocycles. The minimum Gasteiger partial charge on any atom is -0.462 e. The lowest BCUT2D eigenvalue weighted by molar-refractivity contribution is -0.870. The molecule has 2 atom stereocenters. The molecule has 2 unspecified atom stereocenters. The van der Waals surface area contributed by atoms with Crippen LogP contribution in [0.2, 0.25) is 0 Å². The molecule has 1 N–H and O–H groups in total. The molecule has 350 valence electrons. The van der Waals surface area contributed by atoms with Gasteiger partial charge in [-0.25, -0.2) is 4.57 Å². The predicted octanol–water partition coefficient (Wildman–Crippen LogP) is 14.0. The predicted molar refractivity (Wildman–Crippen MR) is 256 cm³/mol. The van der Waals surface area contributed by atoms with Crippen molar-refractivity contribution in [1.82, 2.24) is 0 Å². The average Bonchev–Trinajstić information content (AvgIpc) is 3.21. The van der Waals surface area contributed by atoms with Crippen LogP contribution in [0.1, 0.15) is 174 Å². The molecule has 0 aliphatic carbocycles. The average molecular weight is 875 g/mol. The Bertz CT molecular complexity index is 1310. The molecule has 0 saturated heterocycles. The van der Waals surface area contributed by atoms with Crippen LogP contribution in [-0.2, 0) is 32.7 Å². The van der Waals surface area contributed by atoms with Gasteiger partial charge in [0.25, 0.3) is 0 Å². The fourth-order valence-electron chi connectivity index (χ4n) is 5.95. The Morgan fingerprint density at radius 1 is 0.525 bits per heavy atom. The van der Waals surface area contributed by atoms with Crippen molar-refractivity contribution in [3.8, 4) is 0 Å². The number of quaternary nitrogens is 1. The highest BCUT2D eigenvalue weighted by Gasteiger charge is 2.27. The first-order valence-electron chi connectivity index (χ1n) is 23.8. The van der Waals surface area contributed by atoms with Gasteiger partial charge in [-0.15, -0.1) is 0 Å². The summed E-state index contributed by atoms with van der Waals surface area (Å²) in [4.78, 5) is 35.5. The lowest BCUT2D eigenvalue weighted by Crippen LogP contribution is -2.37. The number of carbonyl (C=O) groups excluding carboxylic acids is 2. The van der Waals surface area contributed by atoms with E-state index in [9.17, 15) is 19.0 Å². The number of rotatable bonds is 42. The summed E-state index contributed by atoms with van der Waals surface area (Å²) in [7, 11) is 1.43. The molecule has 10 heteroatoms. The van der Waals surface area contributed by atoms with Crippen LogP contribution in [0.3, 0.4) is 0 Å². The summed E-state index contributed by atoms with van der Waals surface area (Å²) in [5, 5.41) is 0. The Morgan fingerprint density at radius 3 is 1.41 bits per heavy atom. The van der Waals surface area contributed by atoms with E-state index in [0.29, 0.717) is 17.4 Å². The molecule has 0 rings (SSSR count). The quantitative estimate of drug-likeness (QED) is 0.0212. The third-order valence-corrected chi connectivity index (χ3v) is 10.6. The SMILES string of the molecule is CC/C=C\C/C=C\C/C=C\C/C=C\C/C=C\CCCCCC(=O)OC(COC(=O)CCCCCCCCC/C=C\C/C=C\CCCCCC)COP(=O)(O)OCC[N+](C)(C)C. The van der Waals surface area contributed by atoms with E-state index in [2.05, 4.69) is 98.9 Å². The monoisotopic (exact) mass is 875 g/mol. The van der Waals surface area contributed by atoms with Gasteiger partial charge in [0.05, 0.1) is 27.7 Å². The van der Waals surface area contributed by atoms with Gasteiger partial charge in [0.1, 0.15) is 19.8 Å². The van der Waals surface area contributed by atoms with E-state index in [-0.39, 0.29) is 32.0 Å². The lowest BCUT2D eigenvalue weighted by atomic mass is 10.1. The van der Waals surface area contributed by atoms with Crippen molar-refractivity contribution in [1.29, 1.82) is 0 Å². The molecular weight excluding hydrogens is 786 g/mol. The first kappa shape index (κ1) is 58.2. The maximum absolute atomic E-state index is 12.7. The summed E-state index contributed by atoms with van der Waals surface area (Å²) in [5.74, 6) is -0.851. The van der Waals surface area contributed by atoms with Gasteiger partial charge >= 0.3 is 19.8 Å². The third-order valence-electron chi connectivity index (χ3n) is 9.66. The normalized spacial score (nSPS) is 14.3. The molecule has 0 spiro atoms. The van der Waals surface area contributed by atoms with E-state index in [1.165, 1.54) is 51.4 Å². The fourth-order valence-corrected chi connectivity index (χ4v) is 6.69. The van der Waals surface area contributed by atoms with Crippen molar-refractivity contribution >= 4 is 19.8 Å². The number of allylic oxidation sites excluding steroid dienone is 14. The number of likely N-dealkylation sites (N-methyl/N-ethyl adjacent to an activating group) is 1. The van der Waals surface area contributed by atoms with E-state index in [4.69, 9.17) is 18.5 Å². The van der Waals surface area contributed by atoms with Crippen molar-refractivity contribution in [2.75, 3.05) is 47.5 Å². The second-order valence-corrected chi connectivity index (χ2v) is 18.2. The van der Waals surface area contributed by atoms with Crippen molar-refractivity contribution in [2.45, 2.75) is 180 Å². The van der Waals surface area contributed by atoms with Crippen LogP contribution in [0.4, 0.5) is 0 Å². The van der Waals surface area contributed by atoms with E-state index >= 15 is 0 Å². The molecule has 0 fully saturated rings. The number of hydrogen-bond acceptors (Lipinski definition) is 7. The van der Waals surface area contributed by atoms with E-state index in [1.54, 1.807) is 0 Å². The zero-order chi connectivity index (χ0) is 45.0. The summed E-state index contributed by atoms with van der Waals surface area (Å²) in [5.41, 5.74) is 0. The van der Waals surface area contributed by atoms with Crippen molar-refractivity contribution in [3.63, 3.8) is 0 Å². The number of phosphoric acid groups is 1. The highest BCUT2D eigenvalue weighted by molar-refractivity contribution is 7.47. The van der Waals surface area contributed by atoms with E-state index in [0.717, 1.165) is 89.9 Å². The van der Waals surface area contributed by atoms with Gasteiger partial charge in [0.15, 0.2) is 6.10 Å². The standard InChI is InChI=1S/C51H88NO8P/c1-6-8-10-12-14-16-18-20-22-24-26-28-30-32-34-36-38-40-42-44-51(54)60-49(48-59-61(55,56)58-46-45-52(3,4)5)47-57-50(53)43-41-39-37-35-33-31-29-27-25-23-21-19-17-15-13-11-9-7-2/h8,10,14,16-17,19-20,22-23,25-26,28,32,34,49H,6-7,9,11-13,15,18,21,24,27,29-31,33,35-48H2,1-5H3/p+1/b10-8-,16-14-,19-17-,22-20-,25-23-,28-26-,34-32-. The number of unbranched alkanes of at least 4 members (excludes halogenated alkanes) is 14. The van der Waals surface area contributed by atoms with Gasteiger partial charge in [-0.05, 0) is 89.9 Å².